The Morgan fingerprint density at radius 3 is 2.67 bits per heavy atom. The summed E-state index contributed by atoms with van der Waals surface area (Å²) in [5.41, 5.74) is 7.05. The number of aromatic amines is 1. The van der Waals surface area contributed by atoms with E-state index in [0.29, 0.717) is 28.0 Å². The average Bonchev–Trinajstić information content (AvgIpc) is 2.87. The lowest BCUT2D eigenvalue weighted by molar-refractivity contribution is -0.361. The van der Waals surface area contributed by atoms with E-state index in [4.69, 9.17) is 10.7 Å². The fourth-order valence-corrected chi connectivity index (χ4v) is 3.66. The van der Waals surface area contributed by atoms with Crippen molar-refractivity contribution >= 4 is 28.5 Å². The first-order valence-electron chi connectivity index (χ1n) is 11.1. The number of nitrogens with two attached hydrogens (primary N) is 1. The number of para-hydroxylation sites is 1. The third-order valence-corrected chi connectivity index (χ3v) is 5.31. The molecule has 1 atom stereocenters. The van der Waals surface area contributed by atoms with E-state index >= 15 is 0 Å². The Hall–Kier alpha value is -5.04. The Morgan fingerprint density at radius 2 is 1.94 bits per heavy atom. The number of aromatic nitrogens is 4. The van der Waals surface area contributed by atoms with E-state index in [1.807, 2.05) is 18.2 Å². The molecule has 0 radical (unpaired) electrons. The van der Waals surface area contributed by atoms with E-state index in [-0.39, 0.29) is 29.5 Å². The van der Waals surface area contributed by atoms with Crippen LogP contribution in [0, 0.1) is 11.8 Å². The van der Waals surface area contributed by atoms with Gasteiger partial charge in [0.15, 0.2) is 0 Å². The predicted molar refractivity (Wildman–Crippen MR) is 134 cm³/mol. The number of fused-ring (bicyclic) bond motifs is 1. The van der Waals surface area contributed by atoms with Gasteiger partial charge in [-0.05, 0) is 31.2 Å². The molecule has 0 aliphatic carbocycles. The second-order valence-electron chi connectivity index (χ2n) is 7.90. The molecular weight excluding hydrogens is 458 g/mol. The average molecular weight is 483 g/mol. The summed E-state index contributed by atoms with van der Waals surface area (Å²) in [4.78, 5) is 49.4. The van der Waals surface area contributed by atoms with E-state index in [2.05, 4.69) is 32.4 Å². The van der Waals surface area contributed by atoms with Crippen LogP contribution in [-0.4, -0.2) is 32.9 Å². The molecule has 0 saturated heterocycles. The zero-order valence-electron chi connectivity index (χ0n) is 19.7. The van der Waals surface area contributed by atoms with Gasteiger partial charge in [0.1, 0.15) is 12.0 Å². The van der Waals surface area contributed by atoms with Crippen molar-refractivity contribution < 1.29 is 14.6 Å². The molecule has 4 rings (SSSR count). The summed E-state index contributed by atoms with van der Waals surface area (Å²) in [5.74, 6) is 5.57. The molecule has 0 spiro atoms. The van der Waals surface area contributed by atoms with Gasteiger partial charge in [-0.1, -0.05) is 36.1 Å². The topological polar surface area (TPSA) is 146 Å². The smallest absolute Gasteiger partial charge is 0.302 e. The maximum absolute atomic E-state index is 13.9. The first-order chi connectivity index (χ1) is 17.4. The van der Waals surface area contributed by atoms with Crippen molar-refractivity contribution in [2.75, 3.05) is 12.3 Å². The first-order valence-corrected chi connectivity index (χ1v) is 11.1. The van der Waals surface area contributed by atoms with Crippen molar-refractivity contribution in [2.45, 2.75) is 19.9 Å². The number of rotatable bonds is 5. The van der Waals surface area contributed by atoms with Gasteiger partial charge in [0, 0.05) is 12.5 Å². The molecule has 0 saturated carbocycles. The molecule has 2 aromatic heterocycles. The van der Waals surface area contributed by atoms with Crippen molar-refractivity contribution in [3.8, 4) is 17.5 Å². The number of H-pyrrole nitrogens is 1. The number of carbonyl (C=O) groups is 2. The molecule has 4 aromatic rings. The molecule has 2 heterocycles. The standard InChI is InChI=1S/C26H23N7O3/c1-16(31-25(35)22-23(27)30-15-14-29-22)24-32-20-12-6-8-18(9-7-13-28-17(2)34)21(20)26(36)33(24)19-10-4-3-5-11-19/h3-6,8,10-12,14-16H,13H2,1-2H3,(H2,27,30)(H,28,34)(H,31,35)/p+1. The van der Waals surface area contributed by atoms with Gasteiger partial charge < -0.3 is 10.6 Å². The molecule has 2 aromatic carbocycles. The first kappa shape index (κ1) is 24.1. The van der Waals surface area contributed by atoms with Crippen molar-refractivity contribution in [1.29, 1.82) is 0 Å². The quantitative estimate of drug-likeness (QED) is 0.364. The molecule has 0 bridgehead atoms. The van der Waals surface area contributed by atoms with Crippen molar-refractivity contribution in [3.05, 3.63) is 88.4 Å². The van der Waals surface area contributed by atoms with Crippen molar-refractivity contribution in [1.82, 2.24) is 25.2 Å². The zero-order valence-corrected chi connectivity index (χ0v) is 19.7. The number of benzene rings is 2. The monoisotopic (exact) mass is 482 g/mol. The van der Waals surface area contributed by atoms with Crippen LogP contribution in [0.4, 0.5) is 5.82 Å². The van der Waals surface area contributed by atoms with E-state index in [0.717, 1.165) is 0 Å². The minimum Gasteiger partial charge on any atom is -0.345 e. The van der Waals surface area contributed by atoms with Gasteiger partial charge in [-0.3, -0.25) is 24.7 Å². The Kier molecular flexibility index (Phi) is 7.02. The van der Waals surface area contributed by atoms with E-state index < -0.39 is 11.9 Å². The molecule has 5 N–H and O–H groups in total. The summed E-state index contributed by atoms with van der Waals surface area (Å²) in [5, 5.41) is 5.77. The fraction of sp³-hybridized carbons (Fsp3) is 0.154. The van der Waals surface area contributed by atoms with Crippen molar-refractivity contribution in [2.24, 2.45) is 0 Å². The summed E-state index contributed by atoms with van der Waals surface area (Å²) in [6.07, 6.45) is 2.95. The van der Waals surface area contributed by atoms with E-state index in [1.54, 1.807) is 37.3 Å². The molecule has 0 fully saturated rings. The van der Waals surface area contributed by atoms with Gasteiger partial charge in [-0.15, -0.1) is 0 Å². The van der Waals surface area contributed by atoms with Gasteiger partial charge >= 0.3 is 5.82 Å². The molecule has 180 valence electrons. The fourth-order valence-electron chi connectivity index (χ4n) is 3.66. The van der Waals surface area contributed by atoms with Crippen LogP contribution in [0.25, 0.3) is 16.6 Å². The largest absolute Gasteiger partial charge is 0.345 e. The summed E-state index contributed by atoms with van der Waals surface area (Å²) in [6.45, 7) is 3.29. The molecular formula is C26H24N7O3+. The molecule has 1 unspecified atom stereocenters. The van der Waals surface area contributed by atoms with Crippen molar-refractivity contribution in [3.63, 3.8) is 0 Å². The van der Waals surface area contributed by atoms with Crippen LogP contribution in [-0.2, 0) is 4.79 Å². The number of amides is 2. The molecule has 10 nitrogen and oxygen atoms in total. The van der Waals surface area contributed by atoms with Gasteiger partial charge in [-0.25, -0.2) is 15.0 Å². The lowest BCUT2D eigenvalue weighted by Gasteiger charge is -2.19. The molecule has 2 amide bonds. The van der Waals surface area contributed by atoms with Crippen LogP contribution in [0.2, 0.25) is 0 Å². The summed E-state index contributed by atoms with van der Waals surface area (Å²) in [7, 11) is 0. The second kappa shape index (κ2) is 10.5. The molecule has 0 aliphatic heterocycles. The highest BCUT2D eigenvalue weighted by atomic mass is 16.2. The number of nitrogens with one attached hydrogen (secondary N) is 3. The maximum atomic E-state index is 13.9. The summed E-state index contributed by atoms with van der Waals surface area (Å²) < 4.78 is 1.46. The van der Waals surface area contributed by atoms with E-state index in [9.17, 15) is 14.4 Å². The number of nitrogens with zero attached hydrogens (tertiary/aromatic N) is 3. The number of hydrogen-bond donors (Lipinski definition) is 3. The third-order valence-electron chi connectivity index (χ3n) is 5.31. The molecule has 0 aliphatic rings. The number of nitrogen functional groups attached to an aromatic ring is 1. The maximum Gasteiger partial charge on any atom is 0.302 e. The molecule has 36 heavy (non-hydrogen) atoms. The normalized spacial score (nSPS) is 11.3. The van der Waals surface area contributed by atoms with Crippen LogP contribution in [0.5, 0.6) is 0 Å². The highest BCUT2D eigenvalue weighted by Crippen LogP contribution is 2.20. The lowest BCUT2D eigenvalue weighted by atomic mass is 10.1. The predicted octanol–water partition coefficient (Wildman–Crippen LogP) is 1.16. The Labute approximate surface area is 206 Å². The van der Waals surface area contributed by atoms with Gasteiger partial charge in [0.2, 0.25) is 11.6 Å². The minimum atomic E-state index is -0.675. The SMILES string of the molecule is CC(=O)NCC#Cc1cccc2nc(C(C)NC(=O)c3ncc[nH+]c3N)n(-c3ccccc3)c(=O)c12. The van der Waals surface area contributed by atoms with Crippen LogP contribution in [0.15, 0.2) is 65.7 Å². The minimum absolute atomic E-state index is 0.0375. The van der Waals surface area contributed by atoms with E-state index in [1.165, 1.54) is 23.9 Å². The number of hydrogen-bond acceptors (Lipinski definition) is 6. The lowest BCUT2D eigenvalue weighted by Crippen LogP contribution is -2.34. The highest BCUT2D eigenvalue weighted by molar-refractivity contribution is 5.95. The number of carbonyl (C=O) groups excluding carboxylic acids is 2. The Balaban J connectivity index is 1.84. The Morgan fingerprint density at radius 1 is 1.17 bits per heavy atom. The van der Waals surface area contributed by atoms with Gasteiger partial charge in [-0.2, -0.15) is 0 Å². The van der Waals surface area contributed by atoms with Crippen LogP contribution >= 0.6 is 0 Å². The zero-order chi connectivity index (χ0) is 25.7. The van der Waals surface area contributed by atoms with Gasteiger partial charge in [0.25, 0.3) is 11.5 Å². The van der Waals surface area contributed by atoms with Crippen LogP contribution in [0.3, 0.4) is 0 Å². The van der Waals surface area contributed by atoms with Crippen LogP contribution < -0.4 is 26.9 Å². The molecule has 10 heteroatoms. The van der Waals surface area contributed by atoms with Gasteiger partial charge in [0.05, 0.1) is 35.4 Å². The number of anilines is 1. The highest BCUT2D eigenvalue weighted by Gasteiger charge is 2.23. The van der Waals surface area contributed by atoms with Crippen LogP contribution in [0.1, 0.15) is 41.8 Å². The summed E-state index contributed by atoms with van der Waals surface area (Å²) in [6, 6.07) is 13.5. The second-order valence-corrected chi connectivity index (χ2v) is 7.90. The summed E-state index contributed by atoms with van der Waals surface area (Å²) >= 11 is 0. The third kappa shape index (κ3) is 5.05. The Bertz CT molecular complexity index is 1570.